The Labute approximate surface area is 221 Å². The molecule has 0 unspecified atom stereocenters. The van der Waals surface area contributed by atoms with Crippen LogP contribution in [0, 0.1) is 5.82 Å². The Hall–Kier alpha value is -3.92. The molecule has 1 aliphatic rings. The van der Waals surface area contributed by atoms with Gasteiger partial charge in [0.2, 0.25) is 5.95 Å². The monoisotopic (exact) mass is 517 g/mol. The number of fused-ring (bicyclic) bond motifs is 1. The van der Waals surface area contributed by atoms with E-state index < -0.39 is 0 Å². The van der Waals surface area contributed by atoms with Crippen molar-refractivity contribution in [1.29, 1.82) is 0 Å². The molecule has 198 valence electrons. The number of aromatic nitrogens is 5. The first-order chi connectivity index (χ1) is 18.0. The molecule has 2 aromatic carbocycles. The summed E-state index contributed by atoms with van der Waals surface area (Å²) in [5.74, 6) is 0.425. The molecule has 1 N–H and O–H groups in total. The van der Waals surface area contributed by atoms with E-state index in [0.717, 1.165) is 12.8 Å². The van der Waals surface area contributed by atoms with Crippen molar-refractivity contribution in [2.75, 3.05) is 11.9 Å². The average molecular weight is 518 g/mol. The van der Waals surface area contributed by atoms with E-state index in [-0.39, 0.29) is 28.7 Å². The Morgan fingerprint density at radius 1 is 1.08 bits per heavy atom. The van der Waals surface area contributed by atoms with Crippen LogP contribution in [0.5, 0.6) is 5.75 Å². The Balaban J connectivity index is 1.43. The lowest BCUT2D eigenvalue weighted by Crippen LogP contribution is -2.62. The molecule has 0 spiro atoms. The van der Waals surface area contributed by atoms with Crippen LogP contribution in [-0.4, -0.2) is 55.4 Å². The molecule has 0 aliphatic carbocycles. The number of nitrogens with zero attached hydrogens (tertiary/aromatic N) is 6. The molecule has 9 nitrogen and oxygen atoms in total. The zero-order valence-corrected chi connectivity index (χ0v) is 22.5. The zero-order chi connectivity index (χ0) is 27.2. The van der Waals surface area contributed by atoms with Crippen LogP contribution in [0.3, 0.4) is 0 Å². The normalized spacial score (nSPS) is 16.9. The molecule has 1 aliphatic heterocycles. The molecule has 3 heterocycles. The number of hydrogen-bond donors (Lipinski definition) is 1. The van der Waals surface area contributed by atoms with Crippen molar-refractivity contribution in [2.24, 2.45) is 7.05 Å². The summed E-state index contributed by atoms with van der Waals surface area (Å²) in [7, 11) is 3.74. The molecule has 10 heteroatoms. The number of halogens is 1. The van der Waals surface area contributed by atoms with E-state index in [9.17, 15) is 9.18 Å². The first-order valence-corrected chi connectivity index (χ1v) is 12.5. The molecule has 0 amide bonds. The van der Waals surface area contributed by atoms with Gasteiger partial charge in [-0.3, -0.25) is 4.79 Å². The number of hydrogen-bond acceptors (Lipinski definition) is 8. The third-order valence-electron chi connectivity index (χ3n) is 7.11. The predicted molar refractivity (Wildman–Crippen MR) is 144 cm³/mol. The first kappa shape index (κ1) is 25.7. The first-order valence-electron chi connectivity index (χ1n) is 12.5. The topological polar surface area (TPSA) is 98.1 Å². The summed E-state index contributed by atoms with van der Waals surface area (Å²) in [4.78, 5) is 22.2. The lowest BCUT2D eigenvalue weighted by atomic mass is 9.79. The van der Waals surface area contributed by atoms with Crippen molar-refractivity contribution < 1.29 is 13.9 Å². The largest absolute Gasteiger partial charge is 0.428 e. The third-order valence-corrected chi connectivity index (χ3v) is 7.11. The van der Waals surface area contributed by atoms with E-state index in [0.29, 0.717) is 45.8 Å². The highest BCUT2D eigenvalue weighted by molar-refractivity contribution is 5.84. The number of anilines is 1. The van der Waals surface area contributed by atoms with Crippen molar-refractivity contribution in [3.05, 3.63) is 48.7 Å². The van der Waals surface area contributed by atoms with Gasteiger partial charge in [0.05, 0.1) is 18.0 Å². The number of benzene rings is 2. The number of aryl methyl sites for hydroxylation is 1. The van der Waals surface area contributed by atoms with Gasteiger partial charge < -0.3 is 19.5 Å². The van der Waals surface area contributed by atoms with Crippen molar-refractivity contribution in [3.8, 4) is 28.1 Å². The second-order valence-corrected chi connectivity index (χ2v) is 11.3. The fraction of sp³-hybridized carbons (Fsp3) is 0.393. The van der Waals surface area contributed by atoms with Gasteiger partial charge in [-0.2, -0.15) is 0 Å². The lowest BCUT2D eigenvalue weighted by Gasteiger charge is -2.48. The second kappa shape index (κ2) is 9.43. The molecule has 2 aromatic heterocycles. The Morgan fingerprint density at radius 2 is 1.82 bits per heavy atom. The van der Waals surface area contributed by atoms with Crippen LogP contribution in [0.25, 0.3) is 33.4 Å². The fourth-order valence-corrected chi connectivity index (χ4v) is 5.73. The Morgan fingerprint density at radius 3 is 2.47 bits per heavy atom. The maximum Gasteiger partial charge on any atom is 0.298 e. The van der Waals surface area contributed by atoms with Crippen LogP contribution in [0.1, 0.15) is 40.5 Å². The van der Waals surface area contributed by atoms with Crippen LogP contribution in [-0.2, 0) is 11.8 Å². The maximum absolute atomic E-state index is 14.8. The number of carbonyl (C=O) groups is 1. The number of imidazole rings is 1. The van der Waals surface area contributed by atoms with Crippen LogP contribution >= 0.6 is 0 Å². The molecule has 1 saturated heterocycles. The van der Waals surface area contributed by atoms with Gasteiger partial charge in [0.15, 0.2) is 0 Å². The van der Waals surface area contributed by atoms with Crippen molar-refractivity contribution in [3.63, 3.8) is 0 Å². The number of carbonyl (C=O) groups excluding carboxylic acids is 1. The quantitative estimate of drug-likeness (QED) is 0.373. The van der Waals surface area contributed by atoms with E-state index in [1.807, 2.05) is 13.1 Å². The summed E-state index contributed by atoms with van der Waals surface area (Å²) in [6, 6.07) is 8.75. The molecule has 4 aromatic rings. The standard InChI is InChI=1S/C28H32FN7O2/c1-27(2)12-19(13-28(3,4)34-27)36(6)26-30-14-23(32-33-26)20-8-7-17(11-24(20)38-16-37)18-9-21(29)25-22(10-18)31-15-35(25)5/h7-11,14-16,19,34H,12-13H2,1-6H3. The highest BCUT2D eigenvalue weighted by Crippen LogP contribution is 2.35. The van der Waals surface area contributed by atoms with Gasteiger partial charge in [-0.25, -0.2) is 14.4 Å². The van der Waals surface area contributed by atoms with E-state index in [1.165, 1.54) is 6.07 Å². The van der Waals surface area contributed by atoms with E-state index in [1.54, 1.807) is 42.3 Å². The van der Waals surface area contributed by atoms with Crippen LogP contribution < -0.4 is 15.0 Å². The molecule has 38 heavy (non-hydrogen) atoms. The van der Waals surface area contributed by atoms with Gasteiger partial charge in [-0.05, 0) is 75.9 Å². The Kier molecular flexibility index (Phi) is 6.38. The van der Waals surface area contributed by atoms with Gasteiger partial charge in [0.25, 0.3) is 6.47 Å². The number of ether oxygens (including phenoxy) is 1. The third kappa shape index (κ3) is 4.96. The van der Waals surface area contributed by atoms with Crippen LogP contribution in [0.4, 0.5) is 10.3 Å². The summed E-state index contributed by atoms with van der Waals surface area (Å²) in [6.07, 6.45) is 5.09. The summed E-state index contributed by atoms with van der Waals surface area (Å²) >= 11 is 0. The molecule has 0 radical (unpaired) electrons. The molecule has 0 bridgehead atoms. The van der Waals surface area contributed by atoms with Gasteiger partial charge >= 0.3 is 0 Å². The van der Waals surface area contributed by atoms with Gasteiger partial charge in [-0.15, -0.1) is 10.2 Å². The molecule has 5 rings (SSSR count). The maximum atomic E-state index is 14.8. The van der Waals surface area contributed by atoms with Crippen molar-refractivity contribution in [1.82, 2.24) is 30.0 Å². The van der Waals surface area contributed by atoms with E-state index in [2.05, 4.69) is 58.1 Å². The molecule has 0 atom stereocenters. The smallest absolute Gasteiger partial charge is 0.298 e. The summed E-state index contributed by atoms with van der Waals surface area (Å²) < 4.78 is 21.7. The number of piperidine rings is 1. The second-order valence-electron chi connectivity index (χ2n) is 11.3. The van der Waals surface area contributed by atoms with Crippen LogP contribution in [0.15, 0.2) is 42.9 Å². The molecular formula is C28H32FN7O2. The summed E-state index contributed by atoms with van der Waals surface area (Å²) in [5, 5.41) is 12.5. The highest BCUT2D eigenvalue weighted by atomic mass is 19.1. The minimum Gasteiger partial charge on any atom is -0.428 e. The predicted octanol–water partition coefficient (Wildman–Crippen LogP) is 4.51. The lowest BCUT2D eigenvalue weighted by molar-refractivity contribution is -0.120. The zero-order valence-electron chi connectivity index (χ0n) is 22.5. The highest BCUT2D eigenvalue weighted by Gasteiger charge is 2.39. The molecule has 0 saturated carbocycles. The fourth-order valence-electron chi connectivity index (χ4n) is 5.73. The van der Waals surface area contributed by atoms with Crippen molar-refractivity contribution in [2.45, 2.75) is 57.7 Å². The van der Waals surface area contributed by atoms with Crippen molar-refractivity contribution >= 4 is 23.5 Å². The minimum absolute atomic E-state index is 0.0130. The minimum atomic E-state index is -0.380. The summed E-state index contributed by atoms with van der Waals surface area (Å²) in [5.41, 5.74) is 3.25. The van der Waals surface area contributed by atoms with Crippen LogP contribution in [0.2, 0.25) is 0 Å². The number of rotatable bonds is 6. The average Bonchev–Trinajstić information content (AvgIpc) is 3.23. The molecule has 1 fully saturated rings. The van der Waals surface area contributed by atoms with E-state index in [4.69, 9.17) is 4.74 Å². The summed E-state index contributed by atoms with van der Waals surface area (Å²) in [6.45, 7) is 9.18. The molecular weight excluding hydrogens is 485 g/mol. The van der Waals surface area contributed by atoms with Gasteiger partial charge in [-0.1, -0.05) is 6.07 Å². The Bertz CT molecular complexity index is 1480. The number of nitrogens with one attached hydrogen (secondary N) is 1. The van der Waals surface area contributed by atoms with E-state index >= 15 is 0 Å². The van der Waals surface area contributed by atoms with Gasteiger partial charge in [0.1, 0.15) is 22.8 Å². The van der Waals surface area contributed by atoms with Gasteiger partial charge in [0, 0.05) is 36.8 Å². The SMILES string of the molecule is CN(c1ncc(-c2ccc(-c3cc(F)c4c(c3)ncn4C)cc2OC=O)nn1)C1CC(C)(C)NC(C)(C)C1.